The summed E-state index contributed by atoms with van der Waals surface area (Å²) in [6.07, 6.45) is 1.62. The summed E-state index contributed by atoms with van der Waals surface area (Å²) in [6, 6.07) is 0. The molecule has 174 valence electrons. The molecule has 2 saturated carbocycles. The molecule has 0 aliphatic heterocycles. The predicted octanol–water partition coefficient (Wildman–Crippen LogP) is 5.77. The van der Waals surface area contributed by atoms with E-state index in [4.69, 9.17) is 9.47 Å². The largest absolute Gasteiger partial charge is 0.458 e. The molecule has 30 heavy (non-hydrogen) atoms. The van der Waals surface area contributed by atoms with Gasteiger partial charge in [0.05, 0.1) is 5.41 Å². The minimum absolute atomic E-state index is 0.173. The van der Waals surface area contributed by atoms with Crippen molar-refractivity contribution < 1.29 is 27.8 Å². The maximum absolute atomic E-state index is 15.0. The monoisotopic (exact) mass is 448 g/mol. The zero-order chi connectivity index (χ0) is 23.1. The average Bonchev–Trinajstić information content (AvgIpc) is 3.19. The van der Waals surface area contributed by atoms with Crippen LogP contribution < -0.4 is 0 Å². The van der Waals surface area contributed by atoms with Crippen molar-refractivity contribution in [2.75, 3.05) is 0 Å². The van der Waals surface area contributed by atoms with Crippen LogP contribution in [0.25, 0.3) is 0 Å². The lowest BCUT2D eigenvalue weighted by atomic mass is 9.68. The van der Waals surface area contributed by atoms with E-state index in [0.717, 1.165) is 19.3 Å². The topological polar surface area (TPSA) is 52.6 Å². The highest BCUT2D eigenvalue weighted by molar-refractivity contribution is 7.19. The molecule has 0 aromatic rings. The van der Waals surface area contributed by atoms with Crippen LogP contribution in [-0.4, -0.2) is 35.2 Å². The molecule has 2 rings (SSSR count). The highest BCUT2D eigenvalue weighted by Crippen LogP contribution is 2.49. The number of carbonyl (C=O) groups excluding carboxylic acids is 2. The van der Waals surface area contributed by atoms with Gasteiger partial charge in [0.25, 0.3) is 0 Å². The Balaban J connectivity index is 2.14. The van der Waals surface area contributed by atoms with Gasteiger partial charge in [0, 0.05) is 0 Å². The number of hydrogen-bond acceptors (Lipinski definition) is 4. The molecule has 2 fully saturated rings. The van der Waals surface area contributed by atoms with Crippen molar-refractivity contribution in [2.24, 2.45) is 22.7 Å². The molecule has 4 nitrogen and oxygen atoms in total. The van der Waals surface area contributed by atoms with Crippen LogP contribution >= 0.6 is 9.24 Å². The maximum Gasteiger partial charge on any atom is 0.381 e. The van der Waals surface area contributed by atoms with Crippen LogP contribution in [0.15, 0.2) is 0 Å². The summed E-state index contributed by atoms with van der Waals surface area (Å²) in [4.78, 5) is 25.5. The Kier molecular flexibility index (Phi) is 7.34. The molecule has 0 saturated heterocycles. The van der Waals surface area contributed by atoms with Crippen molar-refractivity contribution in [3.8, 4) is 0 Å². The van der Waals surface area contributed by atoms with E-state index >= 15 is 8.78 Å². The van der Waals surface area contributed by atoms with Crippen LogP contribution in [0, 0.1) is 22.7 Å². The van der Waals surface area contributed by atoms with Gasteiger partial charge in [-0.2, -0.15) is 8.78 Å². The molecular formula is C23H39F2O4P. The molecule has 0 N–H and O–H groups in total. The number of esters is 2. The Hall–Kier alpha value is -0.770. The normalized spacial score (nSPS) is 27.5. The Morgan fingerprint density at radius 3 is 2.03 bits per heavy atom. The summed E-state index contributed by atoms with van der Waals surface area (Å²) >= 11 is 0. The number of rotatable bonds is 8. The van der Waals surface area contributed by atoms with Crippen molar-refractivity contribution in [1.29, 1.82) is 0 Å². The molecule has 6 unspecified atom stereocenters. The van der Waals surface area contributed by atoms with Gasteiger partial charge in [-0.25, -0.2) is 4.79 Å². The Labute approximate surface area is 182 Å². The molecule has 7 heteroatoms. The van der Waals surface area contributed by atoms with Crippen LogP contribution in [0.4, 0.5) is 8.78 Å². The first kappa shape index (κ1) is 25.5. The second kappa shape index (κ2) is 8.64. The van der Waals surface area contributed by atoms with Crippen LogP contribution in [-0.2, 0) is 19.1 Å². The van der Waals surface area contributed by atoms with E-state index < -0.39 is 40.6 Å². The number of hydrogen-bond donors (Lipinski definition) is 0. The second-order valence-electron chi connectivity index (χ2n) is 11.3. The zero-order valence-electron chi connectivity index (χ0n) is 19.5. The van der Waals surface area contributed by atoms with Crippen LogP contribution in [0.5, 0.6) is 0 Å². The van der Waals surface area contributed by atoms with Crippen LogP contribution in [0.2, 0.25) is 0 Å². The minimum Gasteiger partial charge on any atom is -0.458 e. The van der Waals surface area contributed by atoms with Gasteiger partial charge in [0.1, 0.15) is 6.10 Å². The molecule has 0 radical (unpaired) electrons. The first-order valence-corrected chi connectivity index (χ1v) is 11.7. The van der Waals surface area contributed by atoms with Gasteiger partial charge in [-0.05, 0) is 67.9 Å². The quantitative estimate of drug-likeness (QED) is 0.349. The van der Waals surface area contributed by atoms with E-state index in [-0.39, 0.29) is 17.8 Å². The summed E-state index contributed by atoms with van der Waals surface area (Å²) < 4.78 is 40.6. The van der Waals surface area contributed by atoms with Crippen LogP contribution in [0.1, 0.15) is 87.0 Å². The average molecular weight is 449 g/mol. The molecule has 0 heterocycles. The molecule has 0 aromatic carbocycles. The van der Waals surface area contributed by atoms with Crippen LogP contribution in [0.3, 0.4) is 0 Å². The Bertz CT molecular complexity index is 653. The van der Waals surface area contributed by atoms with Crippen molar-refractivity contribution in [3.05, 3.63) is 0 Å². The SMILES string of the molecule is CCC(OC(=O)C(C)(CC(C)(C)C)C(C)(C)P)C(F)(F)C(=O)OC1CC2CCC1C2. The lowest BCUT2D eigenvalue weighted by Gasteiger charge is -2.44. The lowest BCUT2D eigenvalue weighted by Crippen LogP contribution is -2.52. The summed E-state index contributed by atoms with van der Waals surface area (Å²) in [5.41, 5.74) is -1.24. The van der Waals surface area contributed by atoms with Gasteiger partial charge in [0.15, 0.2) is 6.10 Å². The van der Waals surface area contributed by atoms with E-state index in [0.29, 0.717) is 18.8 Å². The third-order valence-corrected chi connectivity index (χ3v) is 7.62. The van der Waals surface area contributed by atoms with E-state index in [9.17, 15) is 9.59 Å². The highest BCUT2D eigenvalue weighted by atomic mass is 31.0. The van der Waals surface area contributed by atoms with Gasteiger partial charge in [0.2, 0.25) is 0 Å². The molecule has 0 spiro atoms. The summed E-state index contributed by atoms with van der Waals surface area (Å²) in [5, 5.41) is -0.589. The first-order valence-electron chi connectivity index (χ1n) is 11.1. The fourth-order valence-corrected chi connectivity index (χ4v) is 5.19. The molecule has 2 bridgehead atoms. The molecule has 2 aliphatic rings. The van der Waals surface area contributed by atoms with Crippen molar-refractivity contribution in [1.82, 2.24) is 0 Å². The second-order valence-corrected chi connectivity index (χ2v) is 12.8. The lowest BCUT2D eigenvalue weighted by molar-refractivity contribution is -0.208. The fourth-order valence-electron chi connectivity index (χ4n) is 4.97. The number of ether oxygens (including phenoxy) is 2. The smallest absolute Gasteiger partial charge is 0.381 e. The van der Waals surface area contributed by atoms with Gasteiger partial charge in [-0.1, -0.05) is 41.5 Å². The van der Waals surface area contributed by atoms with Crippen molar-refractivity contribution in [3.63, 3.8) is 0 Å². The van der Waals surface area contributed by atoms with Gasteiger partial charge < -0.3 is 9.47 Å². The Morgan fingerprint density at radius 2 is 1.63 bits per heavy atom. The minimum atomic E-state index is -3.88. The van der Waals surface area contributed by atoms with Crippen molar-refractivity contribution in [2.45, 2.75) is 110 Å². The third kappa shape index (κ3) is 5.34. The fraction of sp³-hybridized carbons (Fsp3) is 0.913. The maximum atomic E-state index is 15.0. The molecular weight excluding hydrogens is 409 g/mol. The summed E-state index contributed by atoms with van der Waals surface area (Å²) in [7, 11) is 2.63. The zero-order valence-corrected chi connectivity index (χ0v) is 20.7. The summed E-state index contributed by atoms with van der Waals surface area (Å²) in [5.74, 6) is -5.49. The third-order valence-electron chi connectivity index (χ3n) is 6.98. The number of carbonyl (C=O) groups is 2. The standard InChI is InChI=1S/C23H39F2O4P/c1-8-17(29-18(26)22(7,21(5,6)30)13-20(2,3)4)23(24,25)19(27)28-16-12-14-9-10-15(16)11-14/h14-17H,8-13,30H2,1-7H3. The molecule has 6 atom stereocenters. The van der Waals surface area contributed by atoms with E-state index in [1.54, 1.807) is 6.92 Å². The summed E-state index contributed by atoms with van der Waals surface area (Å²) in [6.45, 7) is 12.9. The van der Waals surface area contributed by atoms with E-state index in [1.807, 2.05) is 34.6 Å². The Morgan fingerprint density at radius 1 is 1.03 bits per heavy atom. The van der Waals surface area contributed by atoms with Gasteiger partial charge in [-0.15, -0.1) is 9.24 Å². The highest BCUT2D eigenvalue weighted by Gasteiger charge is 2.55. The molecule has 0 aromatic heterocycles. The number of alkyl halides is 2. The van der Waals surface area contributed by atoms with Crippen molar-refractivity contribution >= 4 is 21.2 Å². The number of halogens is 2. The molecule has 0 amide bonds. The van der Waals surface area contributed by atoms with E-state index in [2.05, 4.69) is 9.24 Å². The number of fused-ring (bicyclic) bond motifs is 2. The van der Waals surface area contributed by atoms with Gasteiger partial charge >= 0.3 is 17.9 Å². The molecule has 2 aliphatic carbocycles. The van der Waals surface area contributed by atoms with E-state index in [1.165, 1.54) is 6.92 Å². The predicted molar refractivity (Wildman–Crippen MR) is 116 cm³/mol. The first-order chi connectivity index (χ1) is 13.5. The van der Waals surface area contributed by atoms with Gasteiger partial charge in [-0.3, -0.25) is 4.79 Å².